The highest BCUT2D eigenvalue weighted by Crippen LogP contribution is 2.39. The fourth-order valence-corrected chi connectivity index (χ4v) is 2.23. The summed E-state index contributed by atoms with van der Waals surface area (Å²) in [5, 5.41) is 9.80. The molecule has 0 spiro atoms. The summed E-state index contributed by atoms with van der Waals surface area (Å²) in [6.45, 7) is 6.46. The molecule has 0 aliphatic heterocycles. The maximum atomic E-state index is 9.80. The molecule has 2 heteroatoms. The van der Waals surface area contributed by atoms with Gasteiger partial charge in [0.25, 0.3) is 0 Å². The van der Waals surface area contributed by atoms with Crippen molar-refractivity contribution < 1.29 is 5.11 Å². The molecule has 0 radical (unpaired) electrons. The van der Waals surface area contributed by atoms with Crippen LogP contribution in [0, 0.1) is 0 Å². The average Bonchev–Trinajstić information content (AvgIpc) is 3.09. The summed E-state index contributed by atoms with van der Waals surface area (Å²) in [7, 11) is 0. The molecule has 0 bridgehead atoms. The maximum Gasteiger partial charge on any atom is 0.0653 e. The van der Waals surface area contributed by atoms with Gasteiger partial charge in [0.15, 0.2) is 0 Å². The van der Waals surface area contributed by atoms with Gasteiger partial charge >= 0.3 is 0 Å². The largest absolute Gasteiger partial charge is 0.390 e. The zero-order valence-electron chi connectivity index (χ0n) is 10.9. The van der Waals surface area contributed by atoms with Gasteiger partial charge in [-0.1, -0.05) is 12.1 Å². The van der Waals surface area contributed by atoms with Crippen molar-refractivity contribution >= 4 is 5.69 Å². The average molecular weight is 233 g/mol. The molecule has 94 valence electrons. The van der Waals surface area contributed by atoms with E-state index in [2.05, 4.69) is 43.0 Å². The van der Waals surface area contributed by atoms with Crippen LogP contribution < -0.4 is 4.90 Å². The van der Waals surface area contributed by atoms with Crippen molar-refractivity contribution in [3.8, 4) is 0 Å². The first kappa shape index (κ1) is 12.4. The van der Waals surface area contributed by atoms with Gasteiger partial charge in [0.05, 0.1) is 5.60 Å². The van der Waals surface area contributed by atoms with Crippen LogP contribution >= 0.6 is 0 Å². The van der Waals surface area contributed by atoms with E-state index in [1.807, 2.05) is 0 Å². The van der Waals surface area contributed by atoms with Gasteiger partial charge in [-0.3, -0.25) is 0 Å². The fourth-order valence-electron chi connectivity index (χ4n) is 2.23. The molecule has 1 aliphatic carbocycles. The monoisotopic (exact) mass is 233 g/mol. The van der Waals surface area contributed by atoms with E-state index >= 15 is 0 Å². The van der Waals surface area contributed by atoms with Crippen molar-refractivity contribution in [2.24, 2.45) is 0 Å². The lowest BCUT2D eigenvalue weighted by atomic mass is 10.1. The smallest absolute Gasteiger partial charge is 0.0653 e. The Labute approximate surface area is 104 Å². The summed E-state index contributed by atoms with van der Waals surface area (Å²) in [4.78, 5) is 2.35. The third kappa shape index (κ3) is 3.22. The van der Waals surface area contributed by atoms with Gasteiger partial charge in [-0.15, -0.1) is 0 Å². The molecule has 1 fully saturated rings. The minimum atomic E-state index is -0.322. The van der Waals surface area contributed by atoms with Crippen molar-refractivity contribution in [3.05, 3.63) is 29.8 Å². The Morgan fingerprint density at radius 1 is 1.12 bits per heavy atom. The second-order valence-corrected chi connectivity index (χ2v) is 5.06. The molecule has 0 saturated heterocycles. The van der Waals surface area contributed by atoms with E-state index in [9.17, 15) is 5.11 Å². The second kappa shape index (κ2) is 5.09. The van der Waals surface area contributed by atoms with Gasteiger partial charge in [0.2, 0.25) is 0 Å². The molecule has 2 nitrogen and oxygen atoms in total. The van der Waals surface area contributed by atoms with Crippen LogP contribution in [0.25, 0.3) is 0 Å². The molecule has 0 heterocycles. The highest BCUT2D eigenvalue weighted by atomic mass is 16.3. The standard InChI is InChI=1S/C15H23NO/c1-3-16(4-2)14-7-5-13(6-8-14)9-10-15(17)11-12-15/h5-8,17H,3-4,9-12H2,1-2H3. The molecule has 1 aliphatic rings. The quantitative estimate of drug-likeness (QED) is 0.816. The Bertz CT molecular complexity index is 350. The van der Waals surface area contributed by atoms with E-state index < -0.39 is 0 Å². The van der Waals surface area contributed by atoms with Crippen molar-refractivity contribution in [1.29, 1.82) is 0 Å². The van der Waals surface area contributed by atoms with E-state index in [-0.39, 0.29) is 5.60 Å². The van der Waals surface area contributed by atoms with Gasteiger partial charge in [-0.2, -0.15) is 0 Å². The molecule has 1 aromatic rings. The van der Waals surface area contributed by atoms with Crippen LogP contribution in [-0.4, -0.2) is 23.8 Å². The van der Waals surface area contributed by atoms with Crippen molar-refractivity contribution in [3.63, 3.8) is 0 Å². The first-order valence-corrected chi connectivity index (χ1v) is 6.73. The van der Waals surface area contributed by atoms with Crippen LogP contribution in [0.5, 0.6) is 0 Å². The SMILES string of the molecule is CCN(CC)c1ccc(CCC2(O)CC2)cc1. The zero-order valence-corrected chi connectivity index (χ0v) is 10.9. The third-order valence-electron chi connectivity index (χ3n) is 3.77. The molecule has 0 unspecified atom stereocenters. The highest BCUT2D eigenvalue weighted by molar-refractivity contribution is 5.47. The Balaban J connectivity index is 1.92. The van der Waals surface area contributed by atoms with E-state index in [4.69, 9.17) is 0 Å². The normalized spacial score (nSPS) is 16.9. The fraction of sp³-hybridized carbons (Fsp3) is 0.600. The lowest BCUT2D eigenvalue weighted by Gasteiger charge is -2.21. The number of aryl methyl sites for hydroxylation is 1. The van der Waals surface area contributed by atoms with Crippen LogP contribution in [0.3, 0.4) is 0 Å². The summed E-state index contributed by atoms with van der Waals surface area (Å²) >= 11 is 0. The van der Waals surface area contributed by atoms with Crippen LogP contribution in [0.4, 0.5) is 5.69 Å². The molecule has 1 aromatic carbocycles. The number of anilines is 1. The highest BCUT2D eigenvalue weighted by Gasteiger charge is 2.39. The predicted molar refractivity (Wildman–Crippen MR) is 72.5 cm³/mol. The molecule has 0 aromatic heterocycles. The molecule has 17 heavy (non-hydrogen) atoms. The Morgan fingerprint density at radius 3 is 2.18 bits per heavy atom. The van der Waals surface area contributed by atoms with Crippen molar-refractivity contribution in [1.82, 2.24) is 0 Å². The van der Waals surface area contributed by atoms with E-state index in [1.54, 1.807) is 0 Å². The minimum absolute atomic E-state index is 0.322. The third-order valence-corrected chi connectivity index (χ3v) is 3.77. The lowest BCUT2D eigenvalue weighted by molar-refractivity contribution is 0.140. The predicted octanol–water partition coefficient (Wildman–Crippen LogP) is 2.99. The zero-order chi connectivity index (χ0) is 12.3. The van der Waals surface area contributed by atoms with E-state index in [0.29, 0.717) is 0 Å². The number of benzene rings is 1. The van der Waals surface area contributed by atoms with Crippen molar-refractivity contribution in [2.75, 3.05) is 18.0 Å². The summed E-state index contributed by atoms with van der Waals surface area (Å²) < 4.78 is 0. The summed E-state index contributed by atoms with van der Waals surface area (Å²) in [5.41, 5.74) is 2.31. The molecule has 1 saturated carbocycles. The molecule has 1 N–H and O–H groups in total. The number of aliphatic hydroxyl groups is 1. The van der Waals surface area contributed by atoms with E-state index in [1.165, 1.54) is 11.3 Å². The van der Waals surface area contributed by atoms with Gasteiger partial charge in [0.1, 0.15) is 0 Å². The summed E-state index contributed by atoms with van der Waals surface area (Å²) in [6.07, 6.45) is 3.89. The number of hydrogen-bond acceptors (Lipinski definition) is 2. The molecular weight excluding hydrogens is 210 g/mol. The Hall–Kier alpha value is -1.02. The maximum absolute atomic E-state index is 9.80. The topological polar surface area (TPSA) is 23.5 Å². The van der Waals surface area contributed by atoms with Crippen LogP contribution in [-0.2, 0) is 6.42 Å². The Kier molecular flexibility index (Phi) is 3.72. The van der Waals surface area contributed by atoms with Gasteiger partial charge < -0.3 is 10.0 Å². The van der Waals surface area contributed by atoms with Gasteiger partial charge in [-0.25, -0.2) is 0 Å². The molecule has 2 rings (SSSR count). The number of rotatable bonds is 6. The van der Waals surface area contributed by atoms with E-state index in [0.717, 1.165) is 38.8 Å². The number of nitrogens with zero attached hydrogens (tertiary/aromatic N) is 1. The van der Waals surface area contributed by atoms with Crippen LogP contribution in [0.2, 0.25) is 0 Å². The molecule has 0 atom stereocenters. The van der Waals surface area contributed by atoms with Crippen LogP contribution in [0.15, 0.2) is 24.3 Å². The summed E-state index contributed by atoms with van der Waals surface area (Å²) in [5.74, 6) is 0. The van der Waals surface area contributed by atoms with Gasteiger partial charge in [-0.05, 0) is 57.2 Å². The Morgan fingerprint density at radius 2 is 1.71 bits per heavy atom. The first-order valence-electron chi connectivity index (χ1n) is 6.73. The molecular formula is C15H23NO. The summed E-state index contributed by atoms with van der Waals surface area (Å²) in [6, 6.07) is 8.78. The second-order valence-electron chi connectivity index (χ2n) is 5.06. The van der Waals surface area contributed by atoms with Gasteiger partial charge in [0, 0.05) is 18.8 Å². The molecule has 0 amide bonds. The minimum Gasteiger partial charge on any atom is -0.390 e. The number of hydrogen-bond donors (Lipinski definition) is 1. The lowest BCUT2D eigenvalue weighted by Crippen LogP contribution is -2.21. The van der Waals surface area contributed by atoms with Crippen molar-refractivity contribution in [2.45, 2.75) is 45.1 Å². The van der Waals surface area contributed by atoms with Crippen LogP contribution in [0.1, 0.15) is 38.7 Å². The first-order chi connectivity index (χ1) is 8.17.